The fraction of sp³-hybridized carbons (Fsp3) is 0.611. The second-order valence-electron chi connectivity index (χ2n) is 6.86. The minimum absolute atomic E-state index is 0.0419. The van der Waals surface area contributed by atoms with Gasteiger partial charge in [0.05, 0.1) is 6.04 Å². The molecule has 22 heavy (non-hydrogen) atoms. The molecule has 2 unspecified atom stereocenters. The van der Waals surface area contributed by atoms with Crippen LogP contribution >= 0.6 is 0 Å². The molecule has 1 aliphatic heterocycles. The maximum atomic E-state index is 12.2. The first-order valence-corrected chi connectivity index (χ1v) is 8.18. The summed E-state index contributed by atoms with van der Waals surface area (Å²) in [5, 5.41) is 0. The van der Waals surface area contributed by atoms with E-state index in [-0.39, 0.29) is 11.9 Å². The van der Waals surface area contributed by atoms with Crippen LogP contribution in [0.1, 0.15) is 26.3 Å². The molecule has 0 aliphatic carbocycles. The van der Waals surface area contributed by atoms with Gasteiger partial charge in [-0.1, -0.05) is 44.2 Å². The summed E-state index contributed by atoms with van der Waals surface area (Å²) in [6, 6.07) is 10.4. The molecule has 0 saturated carbocycles. The first kappa shape index (κ1) is 17.0. The summed E-state index contributed by atoms with van der Waals surface area (Å²) in [5.74, 6) is 0.931. The van der Waals surface area contributed by atoms with Crippen LogP contribution in [-0.4, -0.2) is 47.9 Å². The molecule has 3 atom stereocenters. The third-order valence-electron chi connectivity index (χ3n) is 4.69. The van der Waals surface area contributed by atoms with Crippen molar-refractivity contribution in [3.05, 3.63) is 35.9 Å². The number of likely N-dealkylation sites (tertiary alicyclic amines) is 1. The smallest absolute Gasteiger partial charge is 0.239 e. The lowest BCUT2D eigenvalue weighted by atomic mass is 9.84. The minimum Gasteiger partial charge on any atom is -0.341 e. The van der Waals surface area contributed by atoms with Crippen LogP contribution in [-0.2, 0) is 11.3 Å². The molecule has 1 aliphatic rings. The van der Waals surface area contributed by atoms with E-state index in [1.807, 2.05) is 11.9 Å². The van der Waals surface area contributed by atoms with Crippen LogP contribution < -0.4 is 5.73 Å². The Bertz CT molecular complexity index is 476. The molecule has 1 aromatic carbocycles. The Hall–Kier alpha value is -1.39. The Balaban J connectivity index is 2.01. The lowest BCUT2D eigenvalue weighted by molar-refractivity contribution is -0.136. The Morgan fingerprint density at radius 3 is 2.32 bits per heavy atom. The van der Waals surface area contributed by atoms with Crippen LogP contribution in [0, 0.1) is 11.8 Å². The largest absolute Gasteiger partial charge is 0.341 e. The van der Waals surface area contributed by atoms with E-state index in [0.29, 0.717) is 11.8 Å². The highest BCUT2D eigenvalue weighted by molar-refractivity contribution is 5.81. The van der Waals surface area contributed by atoms with Gasteiger partial charge in [-0.05, 0) is 24.3 Å². The summed E-state index contributed by atoms with van der Waals surface area (Å²) < 4.78 is 0. The molecule has 4 heteroatoms. The lowest BCUT2D eigenvalue weighted by Gasteiger charge is -2.45. The number of carbonyl (C=O) groups is 1. The highest BCUT2D eigenvalue weighted by atomic mass is 16.2. The van der Waals surface area contributed by atoms with Crippen molar-refractivity contribution in [3.63, 3.8) is 0 Å². The third kappa shape index (κ3) is 3.87. The van der Waals surface area contributed by atoms with Gasteiger partial charge in [-0.3, -0.25) is 9.69 Å². The van der Waals surface area contributed by atoms with Gasteiger partial charge in [0.1, 0.15) is 0 Å². The predicted octanol–water partition coefficient (Wildman–Crippen LogP) is 1.95. The number of likely N-dealkylation sites (N-methyl/N-ethyl adjacent to an activating group) is 1. The molecule has 0 spiro atoms. The predicted molar refractivity (Wildman–Crippen MR) is 90.3 cm³/mol. The zero-order valence-corrected chi connectivity index (χ0v) is 14.2. The number of carbonyl (C=O) groups excluding carboxylic acids is 1. The zero-order chi connectivity index (χ0) is 16.3. The van der Waals surface area contributed by atoms with E-state index in [4.69, 9.17) is 5.73 Å². The normalized spacial score (nSPS) is 27.4. The molecule has 4 nitrogen and oxygen atoms in total. The Morgan fingerprint density at radius 2 is 1.82 bits per heavy atom. The molecule has 0 bridgehead atoms. The minimum atomic E-state index is -0.424. The van der Waals surface area contributed by atoms with Gasteiger partial charge in [-0.15, -0.1) is 0 Å². The fourth-order valence-corrected chi connectivity index (χ4v) is 3.87. The Morgan fingerprint density at radius 1 is 1.27 bits per heavy atom. The average molecular weight is 303 g/mol. The van der Waals surface area contributed by atoms with Gasteiger partial charge in [-0.2, -0.15) is 0 Å². The van der Waals surface area contributed by atoms with E-state index < -0.39 is 6.04 Å². The number of piperidine rings is 1. The van der Waals surface area contributed by atoms with Crippen molar-refractivity contribution < 1.29 is 4.79 Å². The Labute approximate surface area is 134 Å². The first-order valence-electron chi connectivity index (χ1n) is 8.18. The number of nitrogens with zero attached hydrogens (tertiary/aromatic N) is 2. The van der Waals surface area contributed by atoms with Gasteiger partial charge in [0.2, 0.25) is 5.91 Å². The molecule has 1 heterocycles. The number of rotatable bonds is 4. The SMILES string of the molecule is CC1CN(Cc2ccccc2)CC(C)C1N(C)C(=O)[C@@H](C)N. The van der Waals surface area contributed by atoms with Gasteiger partial charge in [0, 0.05) is 32.7 Å². The maximum Gasteiger partial charge on any atom is 0.239 e. The average Bonchev–Trinajstić information content (AvgIpc) is 2.46. The van der Waals surface area contributed by atoms with Crippen LogP contribution in [0.5, 0.6) is 0 Å². The number of nitrogens with two attached hydrogens (primary N) is 1. The molecule has 2 rings (SSSR count). The molecule has 122 valence electrons. The summed E-state index contributed by atoms with van der Waals surface area (Å²) in [7, 11) is 1.90. The van der Waals surface area contributed by atoms with Crippen LogP contribution in [0.25, 0.3) is 0 Å². The van der Waals surface area contributed by atoms with Crippen molar-refractivity contribution in [2.24, 2.45) is 17.6 Å². The number of benzene rings is 1. The molecule has 0 radical (unpaired) electrons. The summed E-state index contributed by atoms with van der Waals surface area (Å²) in [6.45, 7) is 9.25. The van der Waals surface area contributed by atoms with Crippen molar-refractivity contribution in [1.29, 1.82) is 0 Å². The monoisotopic (exact) mass is 303 g/mol. The first-order chi connectivity index (χ1) is 10.4. The fourth-order valence-electron chi connectivity index (χ4n) is 3.87. The van der Waals surface area contributed by atoms with Crippen LogP contribution in [0.4, 0.5) is 0 Å². The molecular weight excluding hydrogens is 274 g/mol. The van der Waals surface area contributed by atoms with Crippen LogP contribution in [0.3, 0.4) is 0 Å². The van der Waals surface area contributed by atoms with Gasteiger partial charge in [-0.25, -0.2) is 0 Å². The van der Waals surface area contributed by atoms with Crippen molar-refractivity contribution in [1.82, 2.24) is 9.80 Å². The number of hydrogen-bond acceptors (Lipinski definition) is 3. The Kier molecular flexibility index (Phi) is 5.59. The molecule has 0 aromatic heterocycles. The van der Waals surface area contributed by atoms with E-state index in [9.17, 15) is 4.79 Å². The van der Waals surface area contributed by atoms with E-state index in [1.165, 1.54) is 5.56 Å². The quantitative estimate of drug-likeness (QED) is 0.925. The standard InChI is InChI=1S/C18H29N3O/c1-13-10-21(12-16-8-6-5-7-9-16)11-14(2)17(13)20(4)18(22)15(3)19/h5-9,13-15,17H,10-12,19H2,1-4H3/t13?,14?,15-,17?/m1/s1. The molecule has 1 amide bonds. The summed E-state index contributed by atoms with van der Waals surface area (Å²) in [5.41, 5.74) is 7.11. The lowest BCUT2D eigenvalue weighted by Crippen LogP contribution is -2.57. The second kappa shape index (κ2) is 7.25. The van der Waals surface area contributed by atoms with Gasteiger partial charge in [0.25, 0.3) is 0 Å². The number of hydrogen-bond donors (Lipinski definition) is 1. The summed E-state index contributed by atoms with van der Waals surface area (Å²) in [4.78, 5) is 16.6. The molecule has 1 aromatic rings. The van der Waals surface area contributed by atoms with E-state index in [1.54, 1.807) is 6.92 Å². The highest BCUT2D eigenvalue weighted by Gasteiger charge is 2.36. The second-order valence-corrected chi connectivity index (χ2v) is 6.86. The van der Waals surface area contributed by atoms with Gasteiger partial charge in [0.15, 0.2) is 0 Å². The van der Waals surface area contributed by atoms with E-state index in [0.717, 1.165) is 19.6 Å². The molecule has 1 saturated heterocycles. The number of amides is 1. The van der Waals surface area contributed by atoms with Crippen molar-refractivity contribution >= 4 is 5.91 Å². The molecule has 1 fully saturated rings. The van der Waals surface area contributed by atoms with Crippen molar-refractivity contribution in [2.75, 3.05) is 20.1 Å². The van der Waals surface area contributed by atoms with Crippen molar-refractivity contribution in [3.8, 4) is 0 Å². The topological polar surface area (TPSA) is 49.6 Å². The van der Waals surface area contributed by atoms with Gasteiger partial charge < -0.3 is 10.6 Å². The van der Waals surface area contributed by atoms with Crippen LogP contribution in [0.2, 0.25) is 0 Å². The van der Waals surface area contributed by atoms with Crippen LogP contribution in [0.15, 0.2) is 30.3 Å². The summed E-state index contributed by atoms with van der Waals surface area (Å²) in [6.07, 6.45) is 0. The van der Waals surface area contributed by atoms with E-state index in [2.05, 4.69) is 49.1 Å². The highest BCUT2D eigenvalue weighted by Crippen LogP contribution is 2.27. The third-order valence-corrected chi connectivity index (χ3v) is 4.69. The molecule has 2 N–H and O–H groups in total. The zero-order valence-electron chi connectivity index (χ0n) is 14.2. The maximum absolute atomic E-state index is 12.2. The van der Waals surface area contributed by atoms with E-state index >= 15 is 0 Å². The van der Waals surface area contributed by atoms with Crippen molar-refractivity contribution in [2.45, 2.75) is 39.4 Å². The van der Waals surface area contributed by atoms with Gasteiger partial charge >= 0.3 is 0 Å². The molecular formula is C18H29N3O. The summed E-state index contributed by atoms with van der Waals surface area (Å²) >= 11 is 0.